The average Bonchev–Trinajstić information content (AvgIpc) is 2.97. The number of carbonyl (C=O) groups excluding carboxylic acids is 1. The van der Waals surface area contributed by atoms with Crippen molar-refractivity contribution in [2.24, 2.45) is 0 Å². The van der Waals surface area contributed by atoms with Crippen molar-refractivity contribution in [2.45, 2.75) is 19.5 Å². The van der Waals surface area contributed by atoms with Gasteiger partial charge in [-0.15, -0.1) is 0 Å². The minimum absolute atomic E-state index is 0.0600. The van der Waals surface area contributed by atoms with Gasteiger partial charge in [0.25, 0.3) is 0 Å². The molecule has 2 aromatic carbocycles. The summed E-state index contributed by atoms with van der Waals surface area (Å²) in [6.45, 7) is 2.27. The molecule has 5 heteroatoms. The molecule has 3 aromatic rings. The topological polar surface area (TPSA) is 67.2 Å². The van der Waals surface area contributed by atoms with Crippen LogP contribution < -0.4 is 10.6 Å². The Morgan fingerprint density at radius 3 is 2.68 bits per heavy atom. The molecule has 0 aliphatic heterocycles. The lowest BCUT2D eigenvalue weighted by atomic mass is 10.1. The van der Waals surface area contributed by atoms with Crippen LogP contribution in [0, 0.1) is 0 Å². The molecule has 2 N–H and O–H groups in total. The fraction of sp³-hybridized carbons (Fsp3) is 0.176. The number of hydrogen-bond acceptors (Lipinski definition) is 3. The molecule has 0 bridgehead atoms. The lowest BCUT2D eigenvalue weighted by molar-refractivity contribution is 0.237. The Bertz CT molecular complexity index is 768. The number of carbonyl (C=O) groups is 1. The summed E-state index contributed by atoms with van der Waals surface area (Å²) >= 11 is 0. The first kappa shape index (κ1) is 14.1. The molecule has 1 heterocycles. The van der Waals surface area contributed by atoms with Crippen molar-refractivity contribution in [3.63, 3.8) is 0 Å². The van der Waals surface area contributed by atoms with Gasteiger partial charge in [-0.1, -0.05) is 47.6 Å². The summed E-state index contributed by atoms with van der Waals surface area (Å²) in [6, 6.07) is 17.1. The number of para-hydroxylation sites is 1. The Morgan fingerprint density at radius 1 is 1.14 bits per heavy atom. The third kappa shape index (κ3) is 3.09. The molecule has 1 atom stereocenters. The highest BCUT2D eigenvalue weighted by Gasteiger charge is 2.11. The van der Waals surface area contributed by atoms with Gasteiger partial charge in [0, 0.05) is 5.39 Å². The zero-order chi connectivity index (χ0) is 15.4. The smallest absolute Gasteiger partial charge is 0.315 e. The molecular weight excluding hydrogens is 278 g/mol. The second-order valence-corrected chi connectivity index (χ2v) is 5.08. The minimum Gasteiger partial charge on any atom is -0.356 e. The Hall–Kier alpha value is -2.82. The van der Waals surface area contributed by atoms with Crippen molar-refractivity contribution in [1.29, 1.82) is 0 Å². The van der Waals surface area contributed by atoms with Crippen molar-refractivity contribution in [3.05, 3.63) is 65.9 Å². The Morgan fingerprint density at radius 2 is 1.86 bits per heavy atom. The Labute approximate surface area is 128 Å². The van der Waals surface area contributed by atoms with Gasteiger partial charge in [0.05, 0.1) is 12.6 Å². The van der Waals surface area contributed by atoms with Gasteiger partial charge >= 0.3 is 6.03 Å². The zero-order valence-electron chi connectivity index (χ0n) is 12.2. The van der Waals surface area contributed by atoms with E-state index in [1.807, 2.05) is 61.5 Å². The average molecular weight is 295 g/mol. The number of benzene rings is 2. The van der Waals surface area contributed by atoms with Crippen LogP contribution in [0.1, 0.15) is 24.2 Å². The number of nitrogens with one attached hydrogen (secondary N) is 2. The first-order valence-electron chi connectivity index (χ1n) is 7.16. The number of urea groups is 1. The molecule has 0 spiro atoms. The van der Waals surface area contributed by atoms with Crippen LogP contribution in [-0.2, 0) is 6.54 Å². The first-order valence-corrected chi connectivity index (χ1v) is 7.16. The highest BCUT2D eigenvalue weighted by Crippen LogP contribution is 2.17. The van der Waals surface area contributed by atoms with Crippen LogP contribution in [0.5, 0.6) is 0 Å². The number of aromatic nitrogens is 1. The summed E-state index contributed by atoms with van der Waals surface area (Å²) in [5.74, 6) is 0. The molecule has 0 radical (unpaired) electrons. The van der Waals surface area contributed by atoms with E-state index in [1.165, 1.54) is 0 Å². The maximum Gasteiger partial charge on any atom is 0.315 e. The van der Waals surface area contributed by atoms with Gasteiger partial charge in [0.1, 0.15) is 5.69 Å². The van der Waals surface area contributed by atoms with Crippen molar-refractivity contribution in [3.8, 4) is 0 Å². The van der Waals surface area contributed by atoms with E-state index < -0.39 is 0 Å². The molecular formula is C17H17N3O2. The molecule has 3 rings (SSSR count). The van der Waals surface area contributed by atoms with Crippen LogP contribution in [-0.4, -0.2) is 11.2 Å². The van der Waals surface area contributed by atoms with Gasteiger partial charge in [-0.05, 0) is 24.6 Å². The number of amides is 2. The predicted octanol–water partition coefficient (Wildman–Crippen LogP) is 3.39. The largest absolute Gasteiger partial charge is 0.356 e. The SMILES string of the molecule is CC(NC(=O)NCc1noc2ccccc12)c1ccccc1. The maximum atomic E-state index is 12.0. The van der Waals surface area contributed by atoms with E-state index in [-0.39, 0.29) is 12.1 Å². The number of nitrogens with zero attached hydrogens (tertiary/aromatic N) is 1. The summed E-state index contributed by atoms with van der Waals surface area (Å²) in [5.41, 5.74) is 2.50. The van der Waals surface area contributed by atoms with Gasteiger partial charge in [0.2, 0.25) is 0 Å². The summed E-state index contributed by atoms with van der Waals surface area (Å²) in [6.07, 6.45) is 0. The van der Waals surface area contributed by atoms with Crippen LogP contribution in [0.3, 0.4) is 0 Å². The molecule has 1 unspecified atom stereocenters. The number of rotatable bonds is 4. The van der Waals surface area contributed by atoms with Gasteiger partial charge in [0.15, 0.2) is 5.58 Å². The van der Waals surface area contributed by atoms with Crippen molar-refractivity contribution >= 4 is 17.0 Å². The second-order valence-electron chi connectivity index (χ2n) is 5.08. The van der Waals surface area contributed by atoms with E-state index in [1.54, 1.807) is 0 Å². The van der Waals surface area contributed by atoms with Crippen LogP contribution in [0.4, 0.5) is 4.79 Å². The van der Waals surface area contributed by atoms with Gasteiger partial charge in [-0.2, -0.15) is 0 Å². The van der Waals surface area contributed by atoms with Crippen molar-refractivity contribution in [2.75, 3.05) is 0 Å². The molecule has 22 heavy (non-hydrogen) atoms. The van der Waals surface area contributed by atoms with E-state index in [0.29, 0.717) is 6.54 Å². The van der Waals surface area contributed by atoms with E-state index >= 15 is 0 Å². The van der Waals surface area contributed by atoms with E-state index in [4.69, 9.17) is 4.52 Å². The van der Waals surface area contributed by atoms with Crippen molar-refractivity contribution in [1.82, 2.24) is 15.8 Å². The van der Waals surface area contributed by atoms with E-state index in [9.17, 15) is 4.79 Å². The monoisotopic (exact) mass is 295 g/mol. The highest BCUT2D eigenvalue weighted by atomic mass is 16.5. The molecule has 1 aromatic heterocycles. The minimum atomic E-state index is -0.233. The fourth-order valence-electron chi connectivity index (χ4n) is 2.30. The normalized spacial score (nSPS) is 12.0. The second kappa shape index (κ2) is 6.30. The maximum absolute atomic E-state index is 12.0. The molecule has 0 aliphatic rings. The molecule has 5 nitrogen and oxygen atoms in total. The van der Waals surface area contributed by atoms with Gasteiger partial charge < -0.3 is 15.2 Å². The number of fused-ring (bicyclic) bond motifs is 1. The summed E-state index contributed by atoms with van der Waals surface area (Å²) < 4.78 is 5.21. The van der Waals surface area contributed by atoms with Crippen LogP contribution >= 0.6 is 0 Å². The summed E-state index contributed by atoms with van der Waals surface area (Å²) in [7, 11) is 0. The molecule has 2 amide bonds. The third-order valence-electron chi connectivity index (χ3n) is 3.52. The van der Waals surface area contributed by atoms with E-state index in [0.717, 1.165) is 22.2 Å². The molecule has 0 fully saturated rings. The standard InChI is InChI=1S/C17H17N3O2/c1-12(13-7-3-2-4-8-13)19-17(21)18-11-15-14-9-5-6-10-16(14)22-20-15/h2-10,12H,11H2,1H3,(H2,18,19,21). The van der Waals surface area contributed by atoms with Crippen LogP contribution in [0.25, 0.3) is 11.0 Å². The highest BCUT2D eigenvalue weighted by molar-refractivity contribution is 5.80. The molecule has 0 saturated heterocycles. The summed E-state index contributed by atoms with van der Waals surface area (Å²) in [4.78, 5) is 12.0. The van der Waals surface area contributed by atoms with Crippen LogP contribution in [0.15, 0.2) is 59.1 Å². The lowest BCUT2D eigenvalue weighted by Gasteiger charge is -2.14. The molecule has 0 aliphatic carbocycles. The summed E-state index contributed by atoms with van der Waals surface area (Å²) in [5, 5.41) is 10.6. The number of hydrogen-bond donors (Lipinski definition) is 2. The Kier molecular flexibility index (Phi) is 4.05. The fourth-order valence-corrected chi connectivity index (χ4v) is 2.30. The lowest BCUT2D eigenvalue weighted by Crippen LogP contribution is -2.36. The van der Waals surface area contributed by atoms with Gasteiger partial charge in [-0.3, -0.25) is 0 Å². The van der Waals surface area contributed by atoms with Gasteiger partial charge in [-0.25, -0.2) is 4.79 Å². The Balaban J connectivity index is 1.58. The first-order chi connectivity index (χ1) is 10.7. The predicted molar refractivity (Wildman–Crippen MR) is 84.2 cm³/mol. The zero-order valence-corrected chi connectivity index (χ0v) is 12.2. The third-order valence-corrected chi connectivity index (χ3v) is 3.52. The molecule has 0 saturated carbocycles. The van der Waals surface area contributed by atoms with Crippen LogP contribution in [0.2, 0.25) is 0 Å². The molecule has 112 valence electrons. The van der Waals surface area contributed by atoms with Crippen molar-refractivity contribution < 1.29 is 9.32 Å². The quantitative estimate of drug-likeness (QED) is 0.775. The van der Waals surface area contributed by atoms with E-state index in [2.05, 4.69) is 15.8 Å².